The fourth-order valence-electron chi connectivity index (χ4n) is 7.34. The summed E-state index contributed by atoms with van der Waals surface area (Å²) >= 11 is 0.679. The number of hydrogen-bond acceptors (Lipinski definition) is 10. The molecule has 3 fully saturated rings. The van der Waals surface area contributed by atoms with E-state index < -0.39 is 52.3 Å². The van der Waals surface area contributed by atoms with Crippen LogP contribution in [-0.2, 0) is 10.9 Å². The van der Waals surface area contributed by atoms with Crippen molar-refractivity contribution in [2.75, 3.05) is 45.7 Å². The summed E-state index contributed by atoms with van der Waals surface area (Å²) in [7, 11) is 1.54. The zero-order valence-electron chi connectivity index (χ0n) is 25.6. The Morgan fingerprint density at radius 1 is 1.25 bits per heavy atom. The van der Waals surface area contributed by atoms with Crippen LogP contribution in [0.25, 0.3) is 32.1 Å². The van der Waals surface area contributed by atoms with Crippen LogP contribution in [0.5, 0.6) is 11.9 Å². The molecule has 3 aliphatic heterocycles. The van der Waals surface area contributed by atoms with Crippen LogP contribution in [-0.4, -0.2) is 78.7 Å². The van der Waals surface area contributed by atoms with Crippen molar-refractivity contribution in [3.05, 3.63) is 41.0 Å². The monoisotopic (exact) mass is 692 g/mol. The van der Waals surface area contributed by atoms with Crippen molar-refractivity contribution in [3.63, 3.8) is 0 Å². The van der Waals surface area contributed by atoms with E-state index in [4.69, 9.17) is 19.9 Å². The van der Waals surface area contributed by atoms with Gasteiger partial charge >= 0.3 is 12.2 Å². The molecule has 0 bridgehead atoms. The second kappa shape index (κ2) is 12.2. The van der Waals surface area contributed by atoms with Gasteiger partial charge in [-0.05, 0) is 37.1 Å². The Balaban J connectivity index is 1.41. The molecule has 4 aromatic rings. The SMILES string of the molecule is COC[C@@H]1C[C@@H](Oc2nc(OC[C@@]34CCCN3C[C@H](F)C4)nc3c(F)c(-c4ccc(F)c5sc(N)c(C#N)c45)c(C(F)(F)F)cc23)CN1. The highest BCUT2D eigenvalue weighted by Crippen LogP contribution is 2.48. The van der Waals surface area contributed by atoms with E-state index in [1.807, 2.05) is 11.0 Å². The lowest BCUT2D eigenvalue weighted by atomic mass is 9.92. The Kier molecular flexibility index (Phi) is 8.30. The summed E-state index contributed by atoms with van der Waals surface area (Å²) in [5.41, 5.74) is 1.79. The zero-order valence-corrected chi connectivity index (χ0v) is 26.4. The Bertz CT molecular complexity index is 1950. The molecule has 0 spiro atoms. The number of nitrogens with two attached hydrogens (primary N) is 1. The number of nitrogens with one attached hydrogen (secondary N) is 1. The van der Waals surface area contributed by atoms with Crippen molar-refractivity contribution >= 4 is 37.3 Å². The summed E-state index contributed by atoms with van der Waals surface area (Å²) in [6, 6.07) is 3.95. The number of nitrogens with zero attached hydrogens (tertiary/aromatic N) is 4. The van der Waals surface area contributed by atoms with Crippen LogP contribution < -0.4 is 20.5 Å². The summed E-state index contributed by atoms with van der Waals surface area (Å²) in [5, 5.41) is 12.3. The second-order valence-electron chi connectivity index (χ2n) is 12.5. The lowest BCUT2D eigenvalue weighted by Gasteiger charge is -2.30. The molecular weight excluding hydrogens is 662 g/mol. The molecule has 4 atom stereocenters. The number of alkyl halides is 4. The third-order valence-corrected chi connectivity index (χ3v) is 10.5. The summed E-state index contributed by atoms with van der Waals surface area (Å²) < 4.78 is 108. The Morgan fingerprint density at radius 3 is 2.81 bits per heavy atom. The average Bonchev–Trinajstić information content (AvgIpc) is 3.79. The number of anilines is 1. The number of halogens is 6. The van der Waals surface area contributed by atoms with Gasteiger partial charge in [0, 0.05) is 50.0 Å². The highest BCUT2D eigenvalue weighted by atomic mass is 32.1. The van der Waals surface area contributed by atoms with E-state index in [-0.39, 0.29) is 69.1 Å². The Hall–Kier alpha value is -3.91. The van der Waals surface area contributed by atoms with Gasteiger partial charge in [-0.15, -0.1) is 11.3 Å². The summed E-state index contributed by atoms with van der Waals surface area (Å²) in [4.78, 5) is 10.6. The predicted octanol–water partition coefficient (Wildman–Crippen LogP) is 5.97. The molecule has 9 nitrogen and oxygen atoms in total. The maximum absolute atomic E-state index is 16.9. The summed E-state index contributed by atoms with van der Waals surface area (Å²) in [6.07, 6.45) is -4.54. The molecule has 5 heterocycles. The van der Waals surface area contributed by atoms with Gasteiger partial charge in [0.05, 0.1) is 33.4 Å². The fraction of sp³-hybridized carbons (Fsp3) is 0.469. The van der Waals surface area contributed by atoms with E-state index in [9.17, 15) is 27.2 Å². The average molecular weight is 693 g/mol. The molecule has 0 amide bonds. The number of benzene rings is 2. The van der Waals surface area contributed by atoms with Crippen LogP contribution in [0.15, 0.2) is 18.2 Å². The number of rotatable bonds is 8. The first-order valence-electron chi connectivity index (χ1n) is 15.4. The van der Waals surface area contributed by atoms with Gasteiger partial charge in [0.15, 0.2) is 5.82 Å². The van der Waals surface area contributed by atoms with Crippen LogP contribution in [0.4, 0.5) is 31.3 Å². The van der Waals surface area contributed by atoms with Crippen LogP contribution >= 0.6 is 11.3 Å². The molecule has 2 aromatic carbocycles. The van der Waals surface area contributed by atoms with E-state index in [2.05, 4.69) is 15.3 Å². The summed E-state index contributed by atoms with van der Waals surface area (Å²) in [5.74, 6) is -2.55. The molecule has 48 heavy (non-hydrogen) atoms. The number of aromatic nitrogens is 2. The maximum atomic E-state index is 16.9. The third-order valence-electron chi connectivity index (χ3n) is 9.44. The molecule has 0 unspecified atom stereocenters. The first-order valence-corrected chi connectivity index (χ1v) is 16.2. The lowest BCUT2D eigenvalue weighted by molar-refractivity contribution is -0.137. The smallest absolute Gasteiger partial charge is 0.417 e. The fourth-order valence-corrected chi connectivity index (χ4v) is 8.28. The van der Waals surface area contributed by atoms with Crippen molar-refractivity contribution in [3.8, 4) is 29.1 Å². The minimum Gasteiger partial charge on any atom is -0.472 e. The van der Waals surface area contributed by atoms with Gasteiger partial charge in [0.25, 0.3) is 0 Å². The number of hydrogen-bond donors (Lipinski definition) is 2. The first-order chi connectivity index (χ1) is 22.9. The lowest BCUT2D eigenvalue weighted by Crippen LogP contribution is -2.43. The van der Waals surface area contributed by atoms with E-state index >= 15 is 4.39 Å². The maximum Gasteiger partial charge on any atom is 0.417 e. The van der Waals surface area contributed by atoms with Crippen LogP contribution in [0.3, 0.4) is 0 Å². The van der Waals surface area contributed by atoms with E-state index in [1.54, 1.807) is 0 Å². The normalized spacial score (nSPS) is 24.4. The standard InChI is InChI=1S/C32H30F6N6O3S/c1-45-13-16-7-17(11-41-16)47-29-19-8-21(32(36,37)38)24(18-3-4-22(34)27-23(18)20(10-39)28(40)48-27)25(35)26(19)42-30(43-29)46-14-31-5-2-6-44(31)12-15(33)9-31/h3-4,8,15-17,41H,2,5-7,9,11-14,40H2,1H3/t15-,16+,17-,31+/m1/s1. The van der Waals surface area contributed by atoms with Crippen LogP contribution in [0, 0.1) is 23.0 Å². The topological polar surface area (TPSA) is 119 Å². The van der Waals surface area contributed by atoms with E-state index in [0.29, 0.717) is 49.9 Å². The molecule has 0 aliphatic carbocycles. The van der Waals surface area contributed by atoms with E-state index in [0.717, 1.165) is 18.6 Å². The highest BCUT2D eigenvalue weighted by molar-refractivity contribution is 7.23. The second-order valence-corrected chi connectivity index (χ2v) is 13.5. The number of methoxy groups -OCH3 is 1. The molecule has 254 valence electrons. The molecule has 3 aliphatic rings. The Morgan fingerprint density at radius 2 is 2.06 bits per heavy atom. The van der Waals surface area contributed by atoms with Crippen molar-refractivity contribution in [1.82, 2.24) is 20.2 Å². The molecule has 3 saturated heterocycles. The summed E-state index contributed by atoms with van der Waals surface area (Å²) in [6.45, 7) is 1.62. The van der Waals surface area contributed by atoms with Gasteiger partial charge < -0.3 is 25.3 Å². The predicted molar refractivity (Wildman–Crippen MR) is 166 cm³/mol. The minimum atomic E-state index is -5.11. The zero-order chi connectivity index (χ0) is 34.0. The largest absolute Gasteiger partial charge is 0.472 e. The molecule has 0 radical (unpaired) electrons. The molecule has 0 saturated carbocycles. The Labute approximate surface area is 274 Å². The number of ether oxygens (including phenoxy) is 3. The number of thiophene rings is 1. The van der Waals surface area contributed by atoms with Crippen molar-refractivity contribution < 1.29 is 40.6 Å². The highest BCUT2D eigenvalue weighted by Gasteiger charge is 2.49. The quantitative estimate of drug-likeness (QED) is 0.215. The van der Waals surface area contributed by atoms with E-state index in [1.165, 1.54) is 7.11 Å². The van der Waals surface area contributed by atoms with Crippen molar-refractivity contribution in [1.29, 1.82) is 5.26 Å². The van der Waals surface area contributed by atoms with Gasteiger partial charge in [0.2, 0.25) is 5.88 Å². The van der Waals surface area contributed by atoms with Crippen LogP contribution in [0.2, 0.25) is 0 Å². The molecule has 16 heteroatoms. The minimum absolute atomic E-state index is 0.0212. The molecular formula is C32H30F6N6O3S. The number of fused-ring (bicyclic) bond motifs is 3. The first kappa shape index (κ1) is 32.6. The van der Waals surface area contributed by atoms with Gasteiger partial charge in [0.1, 0.15) is 41.3 Å². The van der Waals surface area contributed by atoms with Gasteiger partial charge in [-0.25, -0.2) is 13.2 Å². The van der Waals surface area contributed by atoms with Gasteiger partial charge in [-0.3, -0.25) is 4.90 Å². The van der Waals surface area contributed by atoms with Gasteiger partial charge in [-0.2, -0.15) is 28.4 Å². The number of nitrogen functional groups attached to an aromatic ring is 1. The third kappa shape index (κ3) is 5.56. The molecule has 7 rings (SSSR count). The molecule has 3 N–H and O–H groups in total. The molecule has 2 aromatic heterocycles. The number of nitriles is 1. The van der Waals surface area contributed by atoms with Crippen LogP contribution in [0.1, 0.15) is 36.8 Å². The van der Waals surface area contributed by atoms with Gasteiger partial charge in [-0.1, -0.05) is 6.07 Å². The van der Waals surface area contributed by atoms with Crippen molar-refractivity contribution in [2.45, 2.75) is 55.7 Å². The van der Waals surface area contributed by atoms with Crippen molar-refractivity contribution in [2.24, 2.45) is 0 Å².